The molecule has 35 heavy (non-hydrogen) atoms. The fourth-order valence-corrected chi connectivity index (χ4v) is 5.41. The van der Waals surface area contributed by atoms with Crippen molar-refractivity contribution in [3.8, 4) is 11.1 Å². The summed E-state index contributed by atoms with van der Waals surface area (Å²) in [6.07, 6.45) is 3.99. The van der Waals surface area contributed by atoms with Crippen molar-refractivity contribution in [1.29, 1.82) is 0 Å². The molecule has 4 rings (SSSR count). The number of aliphatic carboxylic acids is 1. The van der Waals surface area contributed by atoms with Gasteiger partial charge in [0.05, 0.1) is 6.42 Å². The highest BCUT2D eigenvalue weighted by Crippen LogP contribution is 2.44. The minimum atomic E-state index is -0.822. The van der Waals surface area contributed by atoms with Crippen LogP contribution in [0.25, 0.3) is 11.1 Å². The fourth-order valence-electron chi connectivity index (χ4n) is 5.41. The van der Waals surface area contributed by atoms with Crippen LogP contribution in [-0.4, -0.2) is 41.8 Å². The average molecular weight is 479 g/mol. The Balaban J connectivity index is 1.22. The second kappa shape index (κ2) is 11.4. The summed E-state index contributed by atoms with van der Waals surface area (Å²) in [4.78, 5) is 36.0. The zero-order valence-electron chi connectivity index (χ0n) is 20.2. The molecule has 0 saturated heterocycles. The van der Waals surface area contributed by atoms with Crippen LogP contribution in [0.15, 0.2) is 48.5 Å². The Kier molecular flexibility index (Phi) is 8.06. The molecule has 186 valence electrons. The molecule has 2 aliphatic rings. The van der Waals surface area contributed by atoms with Crippen molar-refractivity contribution in [1.82, 2.24) is 10.6 Å². The van der Waals surface area contributed by atoms with Crippen molar-refractivity contribution in [3.63, 3.8) is 0 Å². The molecule has 2 amide bonds. The van der Waals surface area contributed by atoms with E-state index in [1.165, 1.54) is 11.1 Å². The van der Waals surface area contributed by atoms with Gasteiger partial charge in [0.1, 0.15) is 6.61 Å². The maximum absolute atomic E-state index is 12.5. The summed E-state index contributed by atoms with van der Waals surface area (Å²) in [7, 11) is 0. The number of hydrogen-bond acceptors (Lipinski definition) is 4. The van der Waals surface area contributed by atoms with E-state index >= 15 is 0 Å². The molecule has 0 radical (unpaired) electrons. The lowest BCUT2D eigenvalue weighted by atomic mass is 9.82. The third kappa shape index (κ3) is 6.21. The van der Waals surface area contributed by atoms with E-state index in [-0.39, 0.29) is 49.3 Å². The summed E-state index contributed by atoms with van der Waals surface area (Å²) in [6, 6.07) is 16.1. The average Bonchev–Trinajstić information content (AvgIpc) is 3.16. The number of alkyl carbamates (subject to hydrolysis) is 1. The molecular weight excluding hydrogens is 444 g/mol. The molecule has 2 aromatic carbocycles. The molecule has 0 bridgehead atoms. The van der Waals surface area contributed by atoms with Crippen LogP contribution >= 0.6 is 0 Å². The van der Waals surface area contributed by atoms with Crippen molar-refractivity contribution < 1.29 is 24.2 Å². The Morgan fingerprint density at radius 2 is 1.63 bits per heavy atom. The first-order chi connectivity index (χ1) is 16.9. The topological polar surface area (TPSA) is 105 Å². The van der Waals surface area contributed by atoms with Crippen LogP contribution in [0.5, 0.6) is 0 Å². The molecule has 3 N–H and O–H groups in total. The molecule has 2 aliphatic carbocycles. The summed E-state index contributed by atoms with van der Waals surface area (Å²) in [6.45, 7) is 2.10. The molecule has 1 saturated carbocycles. The zero-order valence-corrected chi connectivity index (χ0v) is 20.2. The first kappa shape index (κ1) is 24.8. The molecule has 0 aromatic heterocycles. The van der Waals surface area contributed by atoms with Gasteiger partial charge in [0, 0.05) is 24.4 Å². The highest BCUT2D eigenvalue weighted by molar-refractivity contribution is 5.79. The van der Waals surface area contributed by atoms with Gasteiger partial charge >= 0.3 is 12.1 Å². The standard InChI is InChI=1S/C28H34N2O5/c1-18(14-15-26(31)30-25-13-7-2-8-19(25)16-27(32)33)29-28(34)35-17-24-22-11-5-3-9-20(22)21-10-4-6-12-23(21)24/h3-6,9-12,18-19,24-25H,2,7-8,13-17H2,1H3,(H,29,34)(H,30,31)(H,32,33)/t18?,19-,25-/m1/s1. The quantitative estimate of drug-likeness (QED) is 0.478. The molecule has 7 nitrogen and oxygen atoms in total. The molecule has 0 aliphatic heterocycles. The van der Waals surface area contributed by atoms with Crippen molar-refractivity contribution in [2.24, 2.45) is 5.92 Å². The molecule has 0 spiro atoms. The minimum Gasteiger partial charge on any atom is -0.481 e. The number of carbonyl (C=O) groups excluding carboxylic acids is 2. The Hall–Kier alpha value is -3.35. The molecule has 3 atom stereocenters. The predicted molar refractivity (Wildman–Crippen MR) is 133 cm³/mol. The monoisotopic (exact) mass is 478 g/mol. The van der Waals surface area contributed by atoms with Gasteiger partial charge in [0.15, 0.2) is 0 Å². The van der Waals surface area contributed by atoms with Gasteiger partial charge in [-0.25, -0.2) is 4.79 Å². The van der Waals surface area contributed by atoms with E-state index < -0.39 is 12.1 Å². The van der Waals surface area contributed by atoms with E-state index in [4.69, 9.17) is 9.84 Å². The third-order valence-electron chi connectivity index (χ3n) is 7.20. The molecule has 0 heterocycles. The van der Waals surface area contributed by atoms with E-state index in [0.29, 0.717) is 6.42 Å². The van der Waals surface area contributed by atoms with Crippen LogP contribution in [0.4, 0.5) is 4.79 Å². The van der Waals surface area contributed by atoms with Crippen LogP contribution < -0.4 is 10.6 Å². The predicted octanol–water partition coefficient (Wildman–Crippen LogP) is 4.84. The number of ether oxygens (including phenoxy) is 1. The molecule has 7 heteroatoms. The van der Waals surface area contributed by atoms with Gasteiger partial charge in [0.2, 0.25) is 5.91 Å². The maximum Gasteiger partial charge on any atom is 0.407 e. The van der Waals surface area contributed by atoms with Gasteiger partial charge in [-0.1, -0.05) is 61.4 Å². The van der Waals surface area contributed by atoms with Crippen LogP contribution in [-0.2, 0) is 14.3 Å². The number of nitrogens with one attached hydrogen (secondary N) is 2. The second-order valence-corrected chi connectivity index (χ2v) is 9.73. The van der Waals surface area contributed by atoms with Gasteiger partial charge in [-0.2, -0.15) is 0 Å². The van der Waals surface area contributed by atoms with Crippen LogP contribution in [0.3, 0.4) is 0 Å². The highest BCUT2D eigenvalue weighted by Gasteiger charge is 2.30. The Morgan fingerprint density at radius 3 is 2.29 bits per heavy atom. The first-order valence-electron chi connectivity index (χ1n) is 12.5. The van der Waals surface area contributed by atoms with Crippen LogP contribution in [0.1, 0.15) is 68.9 Å². The Labute approximate surface area is 206 Å². The fraction of sp³-hybridized carbons (Fsp3) is 0.464. The number of benzene rings is 2. The summed E-state index contributed by atoms with van der Waals surface area (Å²) in [5.41, 5.74) is 4.69. The molecule has 1 unspecified atom stereocenters. The lowest BCUT2D eigenvalue weighted by Gasteiger charge is -2.31. The lowest BCUT2D eigenvalue weighted by molar-refractivity contribution is -0.139. The summed E-state index contributed by atoms with van der Waals surface area (Å²) >= 11 is 0. The Morgan fingerprint density at radius 1 is 1.00 bits per heavy atom. The molecular formula is C28H34N2O5. The van der Waals surface area contributed by atoms with Crippen LogP contribution in [0.2, 0.25) is 0 Å². The number of carboxylic acids is 1. The normalized spacial score (nSPS) is 19.8. The van der Waals surface area contributed by atoms with Crippen molar-refractivity contribution in [2.45, 2.75) is 69.9 Å². The number of carboxylic acid groups (broad SMARTS) is 1. The van der Waals surface area contributed by atoms with Gasteiger partial charge in [0.25, 0.3) is 0 Å². The minimum absolute atomic E-state index is 0.00322. The molecule has 2 aromatic rings. The van der Waals surface area contributed by atoms with E-state index in [0.717, 1.165) is 36.8 Å². The SMILES string of the molecule is CC(CCC(=O)N[C@@H]1CCCC[C@@H]1CC(=O)O)NC(=O)OCC1c2ccccc2-c2ccccc21. The number of hydrogen-bond donors (Lipinski definition) is 3. The van der Waals surface area contributed by atoms with Crippen LogP contribution in [0, 0.1) is 5.92 Å². The van der Waals surface area contributed by atoms with E-state index in [2.05, 4.69) is 34.9 Å². The Bertz CT molecular complexity index is 1020. The highest BCUT2D eigenvalue weighted by atomic mass is 16.5. The van der Waals surface area contributed by atoms with Crippen molar-refractivity contribution in [2.75, 3.05) is 6.61 Å². The second-order valence-electron chi connectivity index (χ2n) is 9.73. The third-order valence-corrected chi connectivity index (χ3v) is 7.20. The number of rotatable bonds is 9. The van der Waals surface area contributed by atoms with Crippen molar-refractivity contribution >= 4 is 18.0 Å². The first-order valence-corrected chi connectivity index (χ1v) is 12.5. The van der Waals surface area contributed by atoms with Gasteiger partial charge in [-0.05, 0) is 54.4 Å². The summed E-state index contributed by atoms with van der Waals surface area (Å²) < 4.78 is 5.58. The van der Waals surface area contributed by atoms with Crippen molar-refractivity contribution in [3.05, 3.63) is 59.7 Å². The summed E-state index contributed by atoms with van der Waals surface area (Å²) in [5, 5.41) is 15.0. The molecule has 1 fully saturated rings. The summed E-state index contributed by atoms with van der Waals surface area (Å²) in [5.74, 6) is -0.935. The largest absolute Gasteiger partial charge is 0.481 e. The van der Waals surface area contributed by atoms with E-state index in [1.807, 2.05) is 31.2 Å². The van der Waals surface area contributed by atoms with E-state index in [9.17, 15) is 14.4 Å². The maximum atomic E-state index is 12.5. The zero-order chi connectivity index (χ0) is 24.8. The smallest absolute Gasteiger partial charge is 0.407 e. The van der Waals surface area contributed by atoms with Gasteiger partial charge in [-0.3, -0.25) is 9.59 Å². The number of fused-ring (bicyclic) bond motifs is 3. The van der Waals surface area contributed by atoms with E-state index in [1.54, 1.807) is 0 Å². The van der Waals surface area contributed by atoms with Gasteiger partial charge in [-0.15, -0.1) is 0 Å². The number of carbonyl (C=O) groups is 3. The lowest BCUT2D eigenvalue weighted by Crippen LogP contribution is -2.43. The number of amides is 2. The van der Waals surface area contributed by atoms with Gasteiger partial charge < -0.3 is 20.5 Å².